The van der Waals surface area contributed by atoms with Crippen LogP contribution in [0.2, 0.25) is 5.28 Å². The van der Waals surface area contributed by atoms with E-state index in [9.17, 15) is 0 Å². The molecule has 1 aliphatic heterocycles. The van der Waals surface area contributed by atoms with Crippen molar-refractivity contribution in [3.05, 3.63) is 11.1 Å². The molecule has 0 aromatic carbocycles. The quantitative estimate of drug-likeness (QED) is 0.761. The van der Waals surface area contributed by atoms with Gasteiger partial charge in [0.2, 0.25) is 5.28 Å². The van der Waals surface area contributed by atoms with Gasteiger partial charge in [0.15, 0.2) is 0 Å². The van der Waals surface area contributed by atoms with Crippen molar-refractivity contribution in [3.63, 3.8) is 0 Å². The molecule has 2 rings (SSSR count). The summed E-state index contributed by atoms with van der Waals surface area (Å²) < 4.78 is 2.08. The number of aryl methyl sites for hydroxylation is 1. The predicted octanol–water partition coefficient (Wildman–Crippen LogP) is 2.17. The molecule has 1 aromatic heterocycles. The third kappa shape index (κ3) is 1.70. The zero-order chi connectivity index (χ0) is 9.26. The molecule has 1 aliphatic rings. The van der Waals surface area contributed by atoms with Crippen molar-refractivity contribution in [1.29, 1.82) is 0 Å². The van der Waals surface area contributed by atoms with E-state index < -0.39 is 0 Å². The normalized spacial score (nSPS) is 22.5. The van der Waals surface area contributed by atoms with Crippen LogP contribution in [0.3, 0.4) is 0 Å². The predicted molar refractivity (Wildman–Crippen MR) is 55.4 cm³/mol. The maximum atomic E-state index is 5.98. The molecule has 0 radical (unpaired) electrons. The second kappa shape index (κ2) is 3.88. The summed E-state index contributed by atoms with van der Waals surface area (Å²) in [6.07, 6.45) is 2.09. The lowest BCUT2D eigenvalue weighted by Gasteiger charge is -2.12. The molecule has 3 nitrogen and oxygen atoms in total. The van der Waals surface area contributed by atoms with Crippen molar-refractivity contribution in [2.45, 2.75) is 25.8 Å². The zero-order valence-electron chi connectivity index (χ0n) is 7.53. The van der Waals surface area contributed by atoms with E-state index in [-0.39, 0.29) is 0 Å². The smallest absolute Gasteiger partial charge is 0.225 e. The summed E-state index contributed by atoms with van der Waals surface area (Å²) in [5, 5.41) is 8.50. The van der Waals surface area contributed by atoms with Gasteiger partial charge in [-0.2, -0.15) is 11.8 Å². The number of nitrogens with zero attached hydrogens (tertiary/aromatic N) is 3. The van der Waals surface area contributed by atoms with Crippen LogP contribution in [-0.4, -0.2) is 26.3 Å². The Kier molecular flexibility index (Phi) is 2.79. The Morgan fingerprint density at radius 2 is 2.46 bits per heavy atom. The van der Waals surface area contributed by atoms with Crippen LogP contribution in [0, 0.1) is 0 Å². The maximum absolute atomic E-state index is 5.98. The number of hydrogen-bond acceptors (Lipinski definition) is 3. The Labute approximate surface area is 86.9 Å². The zero-order valence-corrected chi connectivity index (χ0v) is 9.11. The van der Waals surface area contributed by atoms with E-state index in [2.05, 4.69) is 21.7 Å². The summed E-state index contributed by atoms with van der Waals surface area (Å²) in [6, 6.07) is 0.516. The first-order chi connectivity index (χ1) is 6.33. The molecule has 72 valence electrons. The van der Waals surface area contributed by atoms with E-state index >= 15 is 0 Å². The van der Waals surface area contributed by atoms with Crippen molar-refractivity contribution in [1.82, 2.24) is 14.8 Å². The van der Waals surface area contributed by atoms with Crippen LogP contribution < -0.4 is 0 Å². The molecule has 13 heavy (non-hydrogen) atoms. The monoisotopic (exact) mass is 217 g/mol. The minimum atomic E-state index is 0.516. The Hall–Kier alpha value is -0.220. The standard InChI is InChI=1S/C8H12ClN3S/c1-2-7-10-11-8(9)12(7)6-3-4-13-5-6/h6H,2-5H2,1H3. The molecule has 1 fully saturated rings. The summed E-state index contributed by atoms with van der Waals surface area (Å²) in [4.78, 5) is 0. The molecule has 0 N–H and O–H groups in total. The van der Waals surface area contributed by atoms with E-state index in [1.54, 1.807) is 0 Å². The van der Waals surface area contributed by atoms with Crippen LogP contribution in [0.15, 0.2) is 0 Å². The van der Waals surface area contributed by atoms with E-state index in [0.29, 0.717) is 11.3 Å². The van der Waals surface area contributed by atoms with Gasteiger partial charge in [-0.05, 0) is 23.8 Å². The fraction of sp³-hybridized carbons (Fsp3) is 0.750. The second-order valence-corrected chi connectivity index (χ2v) is 4.61. The largest absolute Gasteiger partial charge is 0.298 e. The molecule has 0 amide bonds. The van der Waals surface area contributed by atoms with Crippen LogP contribution in [0.25, 0.3) is 0 Å². The molecule has 5 heteroatoms. The summed E-state index contributed by atoms with van der Waals surface area (Å²) in [5.41, 5.74) is 0. The van der Waals surface area contributed by atoms with Gasteiger partial charge in [0.1, 0.15) is 5.82 Å². The van der Waals surface area contributed by atoms with Crippen LogP contribution in [-0.2, 0) is 6.42 Å². The summed E-state index contributed by atoms with van der Waals surface area (Å²) >= 11 is 7.96. The molecule has 1 atom stereocenters. The number of rotatable bonds is 2. The maximum Gasteiger partial charge on any atom is 0.225 e. The van der Waals surface area contributed by atoms with Crippen molar-refractivity contribution >= 4 is 23.4 Å². The Bertz CT molecular complexity index is 294. The molecule has 1 aromatic rings. The summed E-state index contributed by atoms with van der Waals surface area (Å²) in [7, 11) is 0. The molecule has 0 aliphatic carbocycles. The molecule has 0 bridgehead atoms. The Balaban J connectivity index is 2.30. The van der Waals surface area contributed by atoms with Crippen molar-refractivity contribution in [2.24, 2.45) is 0 Å². The Morgan fingerprint density at radius 3 is 3.08 bits per heavy atom. The number of hydrogen-bond donors (Lipinski definition) is 0. The lowest BCUT2D eigenvalue weighted by molar-refractivity contribution is 0.537. The van der Waals surface area contributed by atoms with Crippen LogP contribution in [0.4, 0.5) is 0 Å². The topological polar surface area (TPSA) is 30.7 Å². The second-order valence-electron chi connectivity index (χ2n) is 3.13. The number of aromatic nitrogens is 3. The number of halogens is 1. The highest BCUT2D eigenvalue weighted by Gasteiger charge is 2.22. The molecule has 2 heterocycles. The van der Waals surface area contributed by atoms with Crippen molar-refractivity contribution < 1.29 is 0 Å². The highest BCUT2D eigenvalue weighted by Crippen LogP contribution is 2.30. The van der Waals surface area contributed by atoms with Gasteiger partial charge in [-0.15, -0.1) is 10.2 Å². The summed E-state index contributed by atoms with van der Waals surface area (Å²) in [5.74, 6) is 3.38. The van der Waals surface area contributed by atoms with Gasteiger partial charge in [-0.3, -0.25) is 4.57 Å². The average molecular weight is 218 g/mol. The third-order valence-corrected chi connectivity index (χ3v) is 3.71. The molecular formula is C8H12ClN3S. The lowest BCUT2D eigenvalue weighted by Crippen LogP contribution is -2.11. The van der Waals surface area contributed by atoms with Crippen molar-refractivity contribution in [2.75, 3.05) is 11.5 Å². The van der Waals surface area contributed by atoms with Gasteiger partial charge in [0.25, 0.3) is 0 Å². The fourth-order valence-electron chi connectivity index (χ4n) is 1.63. The average Bonchev–Trinajstić information content (AvgIpc) is 2.72. The Morgan fingerprint density at radius 1 is 1.62 bits per heavy atom. The first kappa shape index (κ1) is 9.34. The van der Waals surface area contributed by atoms with Gasteiger partial charge in [0, 0.05) is 18.2 Å². The van der Waals surface area contributed by atoms with Gasteiger partial charge in [0.05, 0.1) is 0 Å². The minimum Gasteiger partial charge on any atom is -0.298 e. The molecular weight excluding hydrogens is 206 g/mol. The van der Waals surface area contributed by atoms with Gasteiger partial charge in [-0.25, -0.2) is 0 Å². The first-order valence-electron chi connectivity index (χ1n) is 4.50. The molecule has 1 unspecified atom stereocenters. The molecule has 0 spiro atoms. The lowest BCUT2D eigenvalue weighted by atomic mass is 10.2. The SMILES string of the molecule is CCc1nnc(Cl)n1C1CCSC1. The van der Waals surface area contributed by atoms with E-state index in [1.165, 1.54) is 12.2 Å². The minimum absolute atomic E-state index is 0.516. The van der Waals surface area contributed by atoms with Crippen molar-refractivity contribution in [3.8, 4) is 0 Å². The van der Waals surface area contributed by atoms with Crippen LogP contribution >= 0.6 is 23.4 Å². The highest BCUT2D eigenvalue weighted by atomic mass is 35.5. The molecule has 1 saturated heterocycles. The van der Waals surface area contributed by atoms with Crippen LogP contribution in [0.1, 0.15) is 25.2 Å². The third-order valence-electron chi connectivity index (χ3n) is 2.31. The van der Waals surface area contributed by atoms with Gasteiger partial charge in [-0.1, -0.05) is 6.92 Å². The van der Waals surface area contributed by atoms with Gasteiger partial charge >= 0.3 is 0 Å². The molecule has 0 saturated carbocycles. The fourth-order valence-corrected chi connectivity index (χ4v) is 3.10. The van der Waals surface area contributed by atoms with E-state index in [4.69, 9.17) is 11.6 Å². The van der Waals surface area contributed by atoms with Gasteiger partial charge < -0.3 is 0 Å². The van der Waals surface area contributed by atoms with E-state index in [0.717, 1.165) is 18.0 Å². The first-order valence-corrected chi connectivity index (χ1v) is 6.03. The highest BCUT2D eigenvalue weighted by molar-refractivity contribution is 7.99. The van der Waals surface area contributed by atoms with E-state index in [1.807, 2.05) is 11.8 Å². The van der Waals surface area contributed by atoms with Crippen LogP contribution in [0.5, 0.6) is 0 Å². The summed E-state index contributed by atoms with van der Waals surface area (Å²) in [6.45, 7) is 2.08. The number of thioether (sulfide) groups is 1.